The summed E-state index contributed by atoms with van der Waals surface area (Å²) in [6.07, 6.45) is 0. The molecule has 0 heterocycles. The molecule has 0 bridgehead atoms. The Morgan fingerprint density at radius 2 is 1.53 bits per heavy atom. The lowest BCUT2D eigenvalue weighted by atomic mass is 9.98. The van der Waals surface area contributed by atoms with Gasteiger partial charge < -0.3 is 4.11 Å². The van der Waals surface area contributed by atoms with Gasteiger partial charge in [-0.1, -0.05) is 66.7 Å². The van der Waals surface area contributed by atoms with Gasteiger partial charge in [0, 0.05) is 0 Å². The standard InChI is InChI=1S/C17H13FSi/c18-19-12-13-8-10-15(11-9-13)17-7-3-5-14-4-1-2-6-16(14)17/h1-11H,12H2. The second-order valence-corrected chi connectivity index (χ2v) is 5.15. The van der Waals surface area contributed by atoms with Crippen molar-refractivity contribution in [3.63, 3.8) is 0 Å². The van der Waals surface area contributed by atoms with E-state index in [1.807, 2.05) is 12.1 Å². The van der Waals surface area contributed by atoms with Gasteiger partial charge in [0.2, 0.25) is 0 Å². The van der Waals surface area contributed by atoms with Crippen molar-refractivity contribution in [3.05, 3.63) is 72.3 Å². The summed E-state index contributed by atoms with van der Waals surface area (Å²) in [6.45, 7) is 0. The lowest BCUT2D eigenvalue weighted by molar-refractivity contribution is 0.859. The van der Waals surface area contributed by atoms with Crippen molar-refractivity contribution in [3.8, 4) is 11.1 Å². The molecule has 0 atom stereocenters. The van der Waals surface area contributed by atoms with Crippen molar-refractivity contribution in [2.24, 2.45) is 0 Å². The van der Waals surface area contributed by atoms with Crippen LogP contribution in [-0.2, 0) is 6.04 Å². The Bertz CT molecular complexity index is 684. The van der Waals surface area contributed by atoms with E-state index in [0.717, 1.165) is 5.56 Å². The molecule has 2 heteroatoms. The zero-order valence-corrected chi connectivity index (χ0v) is 11.4. The second-order valence-electron chi connectivity index (χ2n) is 4.53. The molecule has 19 heavy (non-hydrogen) atoms. The van der Waals surface area contributed by atoms with Gasteiger partial charge in [0.25, 0.3) is 9.85 Å². The van der Waals surface area contributed by atoms with E-state index in [-0.39, 0.29) is 0 Å². The number of rotatable bonds is 3. The van der Waals surface area contributed by atoms with E-state index in [9.17, 15) is 4.11 Å². The minimum Gasteiger partial charge on any atom is -0.315 e. The van der Waals surface area contributed by atoms with Crippen molar-refractivity contribution in [1.82, 2.24) is 0 Å². The zero-order valence-electron chi connectivity index (χ0n) is 10.4. The monoisotopic (exact) mass is 264 g/mol. The number of hydrogen-bond donors (Lipinski definition) is 0. The maximum absolute atomic E-state index is 12.3. The van der Waals surface area contributed by atoms with Gasteiger partial charge in [0.15, 0.2) is 0 Å². The Labute approximate surface area is 114 Å². The topological polar surface area (TPSA) is 0 Å². The molecule has 0 N–H and O–H groups in total. The van der Waals surface area contributed by atoms with Crippen LogP contribution in [0.4, 0.5) is 4.11 Å². The molecule has 0 aliphatic heterocycles. The fourth-order valence-corrected chi connectivity index (χ4v) is 2.75. The summed E-state index contributed by atoms with van der Waals surface area (Å²) < 4.78 is 12.3. The quantitative estimate of drug-likeness (QED) is 0.479. The number of fused-ring (bicyclic) bond motifs is 1. The van der Waals surface area contributed by atoms with Gasteiger partial charge >= 0.3 is 0 Å². The van der Waals surface area contributed by atoms with Gasteiger partial charge in [-0.15, -0.1) is 0 Å². The van der Waals surface area contributed by atoms with E-state index in [4.69, 9.17) is 0 Å². The van der Waals surface area contributed by atoms with E-state index in [2.05, 4.69) is 54.6 Å². The molecule has 0 spiro atoms. The highest BCUT2D eigenvalue weighted by Gasteiger charge is 2.03. The first-order valence-electron chi connectivity index (χ1n) is 6.29. The average molecular weight is 264 g/mol. The smallest absolute Gasteiger partial charge is 0.299 e. The Morgan fingerprint density at radius 1 is 0.789 bits per heavy atom. The second kappa shape index (κ2) is 5.37. The van der Waals surface area contributed by atoms with Crippen LogP contribution in [0.5, 0.6) is 0 Å². The van der Waals surface area contributed by atoms with Crippen LogP contribution in [0.25, 0.3) is 21.9 Å². The maximum Gasteiger partial charge on any atom is 0.299 e. The van der Waals surface area contributed by atoms with Crippen LogP contribution in [0, 0.1) is 0 Å². The van der Waals surface area contributed by atoms with Crippen LogP contribution in [0.1, 0.15) is 5.56 Å². The molecular weight excluding hydrogens is 251 g/mol. The summed E-state index contributed by atoms with van der Waals surface area (Å²) in [6, 6.07) is 23.4. The average Bonchev–Trinajstić information content (AvgIpc) is 2.48. The third-order valence-electron chi connectivity index (χ3n) is 3.33. The minimum absolute atomic E-state index is 0.517. The lowest BCUT2D eigenvalue weighted by Gasteiger charge is -2.07. The molecule has 0 aliphatic rings. The molecule has 3 aromatic carbocycles. The molecule has 0 saturated carbocycles. The molecule has 3 aromatic rings. The fraction of sp³-hybridized carbons (Fsp3) is 0.0588. The summed E-state index contributed by atoms with van der Waals surface area (Å²) in [5.74, 6) is 0. The third kappa shape index (κ3) is 2.44. The SMILES string of the molecule is F[Si]Cc1ccc(-c2cccc3ccccc23)cc1. The van der Waals surface area contributed by atoms with E-state index >= 15 is 0 Å². The number of halogens is 1. The molecule has 0 saturated heterocycles. The van der Waals surface area contributed by atoms with E-state index in [1.54, 1.807) is 0 Å². The van der Waals surface area contributed by atoms with E-state index in [1.165, 1.54) is 21.9 Å². The molecular formula is C17H13FSi. The summed E-state index contributed by atoms with van der Waals surface area (Å²) in [5.41, 5.74) is 3.47. The summed E-state index contributed by atoms with van der Waals surface area (Å²) in [5, 5.41) is 2.50. The Morgan fingerprint density at radius 3 is 2.32 bits per heavy atom. The van der Waals surface area contributed by atoms with Crippen LogP contribution in [0.15, 0.2) is 66.7 Å². The van der Waals surface area contributed by atoms with E-state index < -0.39 is 9.85 Å². The molecule has 0 aliphatic carbocycles. The molecule has 0 amide bonds. The summed E-state index contributed by atoms with van der Waals surface area (Å²) in [4.78, 5) is 0. The van der Waals surface area contributed by atoms with Crippen LogP contribution >= 0.6 is 0 Å². The van der Waals surface area contributed by atoms with Gasteiger partial charge in [-0.05, 0) is 33.5 Å². The molecule has 0 nitrogen and oxygen atoms in total. The van der Waals surface area contributed by atoms with Crippen molar-refractivity contribution in [2.45, 2.75) is 6.04 Å². The molecule has 0 fully saturated rings. The normalized spacial score (nSPS) is 10.8. The number of hydrogen-bond acceptors (Lipinski definition) is 0. The largest absolute Gasteiger partial charge is 0.315 e. The predicted molar refractivity (Wildman–Crippen MR) is 80.0 cm³/mol. The first-order chi connectivity index (χ1) is 9.38. The fourth-order valence-electron chi connectivity index (χ4n) is 2.36. The van der Waals surface area contributed by atoms with Crippen molar-refractivity contribution < 1.29 is 4.11 Å². The molecule has 0 aromatic heterocycles. The predicted octanol–water partition coefficient (Wildman–Crippen LogP) is 4.60. The molecule has 3 rings (SSSR count). The lowest BCUT2D eigenvalue weighted by Crippen LogP contribution is -1.89. The highest BCUT2D eigenvalue weighted by Crippen LogP contribution is 2.28. The zero-order chi connectivity index (χ0) is 13.1. The van der Waals surface area contributed by atoms with Crippen LogP contribution in [-0.4, -0.2) is 9.85 Å². The maximum atomic E-state index is 12.3. The molecule has 92 valence electrons. The van der Waals surface area contributed by atoms with Crippen LogP contribution < -0.4 is 0 Å². The van der Waals surface area contributed by atoms with Crippen LogP contribution in [0.2, 0.25) is 0 Å². The third-order valence-corrected chi connectivity index (χ3v) is 3.87. The number of benzene rings is 3. The van der Waals surface area contributed by atoms with Crippen molar-refractivity contribution in [2.75, 3.05) is 0 Å². The summed E-state index contributed by atoms with van der Waals surface area (Å²) in [7, 11) is -0.517. The Kier molecular flexibility index (Phi) is 3.42. The molecule has 2 radical (unpaired) electrons. The first-order valence-corrected chi connectivity index (χ1v) is 7.37. The van der Waals surface area contributed by atoms with Gasteiger partial charge in [-0.25, -0.2) is 0 Å². The van der Waals surface area contributed by atoms with Crippen molar-refractivity contribution in [1.29, 1.82) is 0 Å². The molecule has 0 unspecified atom stereocenters. The summed E-state index contributed by atoms with van der Waals surface area (Å²) >= 11 is 0. The van der Waals surface area contributed by atoms with Gasteiger partial charge in [0.1, 0.15) is 0 Å². The Balaban J connectivity index is 2.08. The minimum atomic E-state index is -0.517. The first kappa shape index (κ1) is 12.1. The van der Waals surface area contributed by atoms with E-state index in [0.29, 0.717) is 6.04 Å². The van der Waals surface area contributed by atoms with Gasteiger partial charge in [0.05, 0.1) is 0 Å². The van der Waals surface area contributed by atoms with Gasteiger partial charge in [-0.3, -0.25) is 0 Å². The van der Waals surface area contributed by atoms with Crippen molar-refractivity contribution >= 4 is 20.6 Å². The van der Waals surface area contributed by atoms with Crippen LogP contribution in [0.3, 0.4) is 0 Å². The highest BCUT2D eigenvalue weighted by atomic mass is 28.3. The highest BCUT2D eigenvalue weighted by molar-refractivity contribution is 6.25. The Hall–Kier alpha value is -1.93. The van der Waals surface area contributed by atoms with Gasteiger partial charge in [-0.2, -0.15) is 0 Å².